The molecular weight excluding hydrogens is 284 g/mol. The summed E-state index contributed by atoms with van der Waals surface area (Å²) in [7, 11) is 0. The molecule has 1 fully saturated rings. The second kappa shape index (κ2) is 6.75. The Morgan fingerprint density at radius 2 is 1.96 bits per heavy atom. The molecule has 1 heterocycles. The Morgan fingerprint density at radius 3 is 2.65 bits per heavy atom. The maximum Gasteiger partial charge on any atom is 0.130 e. The van der Waals surface area contributed by atoms with Gasteiger partial charge in [0.1, 0.15) is 11.5 Å². The molecule has 0 spiro atoms. The molecule has 23 heavy (non-hydrogen) atoms. The Balaban J connectivity index is 1.73. The highest BCUT2D eigenvalue weighted by atomic mass is 16.5. The Morgan fingerprint density at radius 1 is 1.17 bits per heavy atom. The van der Waals surface area contributed by atoms with Gasteiger partial charge in [-0.25, -0.2) is 0 Å². The maximum absolute atomic E-state index is 8.95. The Bertz CT molecular complexity index is 715. The molecule has 3 rings (SSSR count). The molecule has 2 aromatic carbocycles. The SMILES string of the molecule is Cc1ccc(Oc2ccc(N3CCCC3CC#N)cc2)c(C)c1. The molecule has 3 nitrogen and oxygen atoms in total. The zero-order chi connectivity index (χ0) is 16.2. The summed E-state index contributed by atoms with van der Waals surface area (Å²) in [4.78, 5) is 2.34. The van der Waals surface area contributed by atoms with Gasteiger partial charge in [0.15, 0.2) is 0 Å². The molecule has 1 aliphatic heterocycles. The van der Waals surface area contributed by atoms with Crippen molar-refractivity contribution in [3.05, 3.63) is 53.6 Å². The van der Waals surface area contributed by atoms with Crippen molar-refractivity contribution in [3.63, 3.8) is 0 Å². The molecule has 0 aliphatic carbocycles. The third-order valence-corrected chi connectivity index (χ3v) is 4.43. The molecule has 0 radical (unpaired) electrons. The van der Waals surface area contributed by atoms with E-state index in [2.05, 4.69) is 49.1 Å². The summed E-state index contributed by atoms with van der Waals surface area (Å²) in [6.45, 7) is 5.18. The first-order valence-electron chi connectivity index (χ1n) is 8.16. The van der Waals surface area contributed by atoms with Gasteiger partial charge in [-0.15, -0.1) is 0 Å². The lowest BCUT2D eigenvalue weighted by Crippen LogP contribution is -2.28. The van der Waals surface area contributed by atoms with Crippen LogP contribution in [0, 0.1) is 25.2 Å². The number of ether oxygens (including phenoxy) is 1. The van der Waals surface area contributed by atoms with Gasteiger partial charge in [0.2, 0.25) is 0 Å². The van der Waals surface area contributed by atoms with Gasteiger partial charge in [0.25, 0.3) is 0 Å². The Hall–Kier alpha value is -2.47. The number of rotatable bonds is 4. The first-order chi connectivity index (χ1) is 11.2. The normalized spacial score (nSPS) is 17.1. The second-order valence-electron chi connectivity index (χ2n) is 6.22. The predicted molar refractivity (Wildman–Crippen MR) is 93.0 cm³/mol. The lowest BCUT2D eigenvalue weighted by Gasteiger charge is -2.25. The van der Waals surface area contributed by atoms with Crippen molar-refractivity contribution in [1.82, 2.24) is 0 Å². The number of aryl methyl sites for hydroxylation is 2. The average Bonchev–Trinajstić information content (AvgIpc) is 2.99. The highest BCUT2D eigenvalue weighted by Gasteiger charge is 2.24. The number of benzene rings is 2. The number of nitrogens with zero attached hydrogens (tertiary/aromatic N) is 2. The van der Waals surface area contributed by atoms with E-state index in [0.29, 0.717) is 12.5 Å². The van der Waals surface area contributed by atoms with E-state index >= 15 is 0 Å². The van der Waals surface area contributed by atoms with Crippen molar-refractivity contribution in [2.75, 3.05) is 11.4 Å². The summed E-state index contributed by atoms with van der Waals surface area (Å²) in [5.74, 6) is 1.74. The molecular formula is C20H22N2O. The molecule has 118 valence electrons. The van der Waals surface area contributed by atoms with Crippen LogP contribution in [0.15, 0.2) is 42.5 Å². The van der Waals surface area contributed by atoms with Gasteiger partial charge >= 0.3 is 0 Å². The Kier molecular flexibility index (Phi) is 4.52. The summed E-state index contributed by atoms with van der Waals surface area (Å²) >= 11 is 0. The van der Waals surface area contributed by atoms with Crippen LogP contribution in [0.2, 0.25) is 0 Å². The number of hydrogen-bond acceptors (Lipinski definition) is 3. The number of hydrogen-bond donors (Lipinski definition) is 0. The zero-order valence-corrected chi connectivity index (χ0v) is 13.7. The topological polar surface area (TPSA) is 36.3 Å². The molecule has 0 amide bonds. The van der Waals surface area contributed by atoms with E-state index in [9.17, 15) is 0 Å². The van der Waals surface area contributed by atoms with Gasteiger partial charge in [0, 0.05) is 18.3 Å². The lowest BCUT2D eigenvalue weighted by molar-refractivity contribution is 0.478. The van der Waals surface area contributed by atoms with E-state index in [1.807, 2.05) is 18.2 Å². The van der Waals surface area contributed by atoms with Crippen molar-refractivity contribution in [3.8, 4) is 17.6 Å². The fourth-order valence-corrected chi connectivity index (χ4v) is 3.24. The van der Waals surface area contributed by atoms with Crippen LogP contribution < -0.4 is 9.64 Å². The molecule has 1 saturated heterocycles. The van der Waals surface area contributed by atoms with Crippen molar-refractivity contribution < 1.29 is 4.74 Å². The minimum atomic E-state index is 0.353. The van der Waals surface area contributed by atoms with Crippen molar-refractivity contribution in [1.29, 1.82) is 5.26 Å². The van der Waals surface area contributed by atoms with Crippen LogP contribution in [0.5, 0.6) is 11.5 Å². The van der Waals surface area contributed by atoms with Crippen LogP contribution in [-0.4, -0.2) is 12.6 Å². The molecule has 0 N–H and O–H groups in total. The van der Waals surface area contributed by atoms with Crippen LogP contribution in [0.3, 0.4) is 0 Å². The zero-order valence-electron chi connectivity index (χ0n) is 13.7. The third kappa shape index (κ3) is 3.48. The number of nitriles is 1. The van der Waals surface area contributed by atoms with Crippen LogP contribution in [0.1, 0.15) is 30.4 Å². The van der Waals surface area contributed by atoms with E-state index in [4.69, 9.17) is 10.00 Å². The van der Waals surface area contributed by atoms with E-state index in [1.54, 1.807) is 0 Å². The fourth-order valence-electron chi connectivity index (χ4n) is 3.24. The van der Waals surface area contributed by atoms with Gasteiger partial charge in [0.05, 0.1) is 12.5 Å². The van der Waals surface area contributed by atoms with Crippen molar-refractivity contribution >= 4 is 5.69 Å². The third-order valence-electron chi connectivity index (χ3n) is 4.43. The highest BCUT2D eigenvalue weighted by Crippen LogP contribution is 2.31. The van der Waals surface area contributed by atoms with Crippen LogP contribution in [0.4, 0.5) is 5.69 Å². The van der Waals surface area contributed by atoms with Crippen LogP contribution >= 0.6 is 0 Å². The fraction of sp³-hybridized carbons (Fsp3) is 0.350. The quantitative estimate of drug-likeness (QED) is 0.799. The predicted octanol–water partition coefficient (Wildman–Crippen LogP) is 4.98. The van der Waals surface area contributed by atoms with Gasteiger partial charge in [-0.1, -0.05) is 17.7 Å². The molecule has 3 heteroatoms. The lowest BCUT2D eigenvalue weighted by atomic mass is 10.1. The van der Waals surface area contributed by atoms with E-state index in [1.165, 1.54) is 11.3 Å². The highest BCUT2D eigenvalue weighted by molar-refractivity contribution is 5.52. The maximum atomic E-state index is 8.95. The summed E-state index contributed by atoms with van der Waals surface area (Å²) in [5.41, 5.74) is 3.56. The summed E-state index contributed by atoms with van der Waals surface area (Å²) < 4.78 is 5.99. The van der Waals surface area contributed by atoms with Crippen molar-refractivity contribution in [2.24, 2.45) is 0 Å². The van der Waals surface area contributed by atoms with Crippen LogP contribution in [0.25, 0.3) is 0 Å². The van der Waals surface area contributed by atoms with Crippen LogP contribution in [-0.2, 0) is 0 Å². The first kappa shape index (κ1) is 15.4. The minimum absolute atomic E-state index is 0.353. The molecule has 0 saturated carbocycles. The van der Waals surface area contributed by atoms with Gasteiger partial charge in [-0.2, -0.15) is 5.26 Å². The van der Waals surface area contributed by atoms with Gasteiger partial charge in [-0.05, 0) is 62.6 Å². The van der Waals surface area contributed by atoms with Crippen molar-refractivity contribution in [2.45, 2.75) is 39.2 Å². The summed E-state index contributed by atoms with van der Waals surface area (Å²) in [6, 6.07) is 17.1. The molecule has 1 unspecified atom stereocenters. The summed E-state index contributed by atoms with van der Waals surface area (Å²) in [5, 5.41) is 8.95. The molecule has 2 aromatic rings. The largest absolute Gasteiger partial charge is 0.457 e. The van der Waals surface area contributed by atoms with E-state index < -0.39 is 0 Å². The first-order valence-corrected chi connectivity index (χ1v) is 8.16. The Labute approximate surface area is 138 Å². The van der Waals surface area contributed by atoms with E-state index in [-0.39, 0.29) is 0 Å². The molecule has 0 bridgehead atoms. The summed E-state index contributed by atoms with van der Waals surface area (Å²) in [6.07, 6.45) is 2.86. The average molecular weight is 306 g/mol. The molecule has 0 aromatic heterocycles. The standard InChI is InChI=1S/C20H22N2O/c1-15-5-10-20(16(2)14-15)23-19-8-6-18(7-9-19)22-13-3-4-17(22)11-12-21/h5-10,14,17H,3-4,11,13H2,1-2H3. The van der Waals surface area contributed by atoms with E-state index in [0.717, 1.165) is 36.4 Å². The van der Waals surface area contributed by atoms with Gasteiger partial charge < -0.3 is 9.64 Å². The van der Waals surface area contributed by atoms with Gasteiger partial charge in [-0.3, -0.25) is 0 Å². The monoisotopic (exact) mass is 306 g/mol. The minimum Gasteiger partial charge on any atom is -0.457 e. The molecule has 1 aliphatic rings. The number of anilines is 1. The molecule has 1 atom stereocenters. The smallest absolute Gasteiger partial charge is 0.130 e. The second-order valence-corrected chi connectivity index (χ2v) is 6.22.